The van der Waals surface area contributed by atoms with Crippen LogP contribution in [-0.2, 0) is 0 Å². The second-order valence-corrected chi connectivity index (χ2v) is 2.56. The van der Waals surface area contributed by atoms with Gasteiger partial charge in [-0.2, -0.15) is 0 Å². The van der Waals surface area contributed by atoms with E-state index in [1.165, 1.54) is 0 Å². The van der Waals surface area contributed by atoms with Gasteiger partial charge in [0.1, 0.15) is 0 Å². The molecule has 0 aliphatic carbocycles. The molecule has 52 valence electrons. The molecule has 0 radical (unpaired) electrons. The van der Waals surface area contributed by atoms with Gasteiger partial charge in [0, 0.05) is 12.4 Å². The maximum absolute atomic E-state index is 3.95. The fourth-order valence-corrected chi connectivity index (χ4v) is 0.448. The second-order valence-electron chi connectivity index (χ2n) is 2.26. The van der Waals surface area contributed by atoms with E-state index >= 15 is 0 Å². The molecule has 9 heavy (non-hydrogen) atoms. The third-order valence-electron chi connectivity index (χ3n) is 0.835. The third kappa shape index (κ3) is 7.76. The van der Waals surface area contributed by atoms with Crippen LogP contribution in [0.4, 0.5) is 0 Å². The van der Waals surface area contributed by atoms with Crippen LogP contribution >= 0.6 is 12.6 Å². The molecule has 0 amide bonds. The van der Waals surface area contributed by atoms with Crippen molar-refractivity contribution in [3.63, 3.8) is 0 Å². The summed E-state index contributed by atoms with van der Waals surface area (Å²) in [7, 11) is 0. The molecule has 0 aromatic rings. The number of rotatable bonds is 3. The van der Waals surface area contributed by atoms with Gasteiger partial charge in [-0.15, -0.1) is 12.6 Å². The summed E-state index contributed by atoms with van der Waals surface area (Å²) in [6, 6.07) is 0. The number of hydrogen-bond donors (Lipinski definition) is 1. The predicted molar refractivity (Wildman–Crippen MR) is 46.1 cm³/mol. The lowest BCUT2D eigenvalue weighted by molar-refractivity contribution is 0.690. The van der Waals surface area contributed by atoms with Crippen molar-refractivity contribution in [2.45, 2.75) is 20.3 Å². The molecule has 0 fully saturated rings. The molecular formula is C7H13NS. The first-order valence-corrected chi connectivity index (χ1v) is 3.60. The average molecular weight is 143 g/mol. The molecule has 0 atom stereocenters. The fraction of sp³-hybridized carbons (Fsp3) is 0.571. The molecule has 0 spiro atoms. The van der Waals surface area contributed by atoms with Crippen molar-refractivity contribution in [1.82, 2.24) is 0 Å². The monoisotopic (exact) mass is 143 g/mol. The van der Waals surface area contributed by atoms with E-state index in [9.17, 15) is 0 Å². The SMILES string of the molecule is CC(C)CC=N/C=C\S. The van der Waals surface area contributed by atoms with Gasteiger partial charge in [0.15, 0.2) is 0 Å². The highest BCUT2D eigenvalue weighted by molar-refractivity contribution is 7.83. The summed E-state index contributed by atoms with van der Waals surface area (Å²) in [6.07, 6.45) is 4.61. The summed E-state index contributed by atoms with van der Waals surface area (Å²) in [5.41, 5.74) is 0. The van der Waals surface area contributed by atoms with Gasteiger partial charge >= 0.3 is 0 Å². The van der Waals surface area contributed by atoms with Gasteiger partial charge in [0.25, 0.3) is 0 Å². The smallest absolute Gasteiger partial charge is 0.0324 e. The normalized spacial score (nSPS) is 12.4. The first kappa shape index (κ1) is 8.76. The van der Waals surface area contributed by atoms with E-state index in [2.05, 4.69) is 31.5 Å². The molecule has 0 heterocycles. The zero-order valence-corrected chi connectivity index (χ0v) is 6.81. The van der Waals surface area contributed by atoms with E-state index in [0.717, 1.165) is 6.42 Å². The van der Waals surface area contributed by atoms with Crippen LogP contribution in [0.25, 0.3) is 0 Å². The quantitative estimate of drug-likeness (QED) is 0.460. The van der Waals surface area contributed by atoms with E-state index in [1.807, 2.05) is 6.21 Å². The van der Waals surface area contributed by atoms with Crippen LogP contribution in [0.1, 0.15) is 20.3 Å². The Morgan fingerprint density at radius 3 is 2.67 bits per heavy atom. The zero-order chi connectivity index (χ0) is 7.11. The minimum atomic E-state index is 0.696. The number of aliphatic imine (C=N–C) groups is 1. The van der Waals surface area contributed by atoms with Gasteiger partial charge < -0.3 is 0 Å². The van der Waals surface area contributed by atoms with E-state index in [1.54, 1.807) is 11.6 Å². The van der Waals surface area contributed by atoms with Crippen molar-refractivity contribution in [3.8, 4) is 0 Å². The highest BCUT2D eigenvalue weighted by Gasteiger charge is 1.85. The standard InChI is InChI=1S/C7H13NS/c1-7(2)3-4-8-5-6-9/h4-7,9H,3H2,1-2H3/b6-5-,8-4?. The highest BCUT2D eigenvalue weighted by atomic mass is 32.1. The first-order chi connectivity index (χ1) is 4.27. The number of hydrogen-bond acceptors (Lipinski definition) is 2. The Morgan fingerprint density at radius 1 is 1.56 bits per heavy atom. The fourth-order valence-electron chi connectivity index (χ4n) is 0.371. The Hall–Kier alpha value is -0.240. The van der Waals surface area contributed by atoms with Crippen LogP contribution in [0.2, 0.25) is 0 Å². The summed E-state index contributed by atoms with van der Waals surface area (Å²) in [5.74, 6) is 0.696. The van der Waals surface area contributed by atoms with E-state index in [4.69, 9.17) is 0 Å². The molecule has 0 saturated carbocycles. The number of nitrogens with zero attached hydrogens (tertiary/aromatic N) is 1. The van der Waals surface area contributed by atoms with Crippen molar-refractivity contribution in [2.75, 3.05) is 0 Å². The zero-order valence-electron chi connectivity index (χ0n) is 5.91. The Bertz CT molecular complexity index is 105. The van der Waals surface area contributed by atoms with Gasteiger partial charge in [-0.05, 0) is 17.7 Å². The second kappa shape index (κ2) is 5.89. The third-order valence-corrected chi connectivity index (χ3v) is 0.968. The Morgan fingerprint density at radius 2 is 2.22 bits per heavy atom. The molecule has 2 heteroatoms. The predicted octanol–water partition coefficient (Wildman–Crippen LogP) is 2.50. The Labute approximate surface area is 62.3 Å². The van der Waals surface area contributed by atoms with E-state index in [0.29, 0.717) is 5.92 Å². The van der Waals surface area contributed by atoms with Gasteiger partial charge in [0.2, 0.25) is 0 Å². The van der Waals surface area contributed by atoms with E-state index < -0.39 is 0 Å². The summed E-state index contributed by atoms with van der Waals surface area (Å²) in [6.45, 7) is 4.33. The van der Waals surface area contributed by atoms with Crippen LogP contribution in [0.15, 0.2) is 16.6 Å². The molecule has 0 bridgehead atoms. The molecule has 0 rings (SSSR count). The Balaban J connectivity index is 3.25. The lowest BCUT2D eigenvalue weighted by Crippen LogP contribution is -1.85. The van der Waals surface area contributed by atoms with Gasteiger partial charge in [-0.3, -0.25) is 4.99 Å². The van der Waals surface area contributed by atoms with E-state index in [-0.39, 0.29) is 0 Å². The van der Waals surface area contributed by atoms with Crippen LogP contribution in [0.5, 0.6) is 0 Å². The van der Waals surface area contributed by atoms with Gasteiger partial charge in [0.05, 0.1) is 0 Å². The molecule has 0 aliphatic rings. The molecule has 0 saturated heterocycles. The maximum Gasteiger partial charge on any atom is 0.0324 e. The minimum Gasteiger partial charge on any atom is -0.269 e. The molecule has 0 aromatic carbocycles. The summed E-state index contributed by atoms with van der Waals surface area (Å²) in [4.78, 5) is 3.95. The van der Waals surface area contributed by atoms with Crippen LogP contribution < -0.4 is 0 Å². The molecule has 1 nitrogen and oxygen atoms in total. The molecular weight excluding hydrogens is 130 g/mol. The molecule has 0 aliphatic heterocycles. The average Bonchev–Trinajstić information content (AvgIpc) is 1.80. The first-order valence-electron chi connectivity index (χ1n) is 3.08. The highest BCUT2D eigenvalue weighted by Crippen LogP contribution is 1.94. The lowest BCUT2D eigenvalue weighted by atomic mass is 10.2. The van der Waals surface area contributed by atoms with Crippen molar-refractivity contribution < 1.29 is 0 Å². The largest absolute Gasteiger partial charge is 0.269 e. The Kier molecular flexibility index (Phi) is 5.73. The summed E-state index contributed by atoms with van der Waals surface area (Å²) >= 11 is 3.85. The van der Waals surface area contributed by atoms with Crippen LogP contribution in [0, 0.1) is 5.92 Å². The molecule has 0 unspecified atom stereocenters. The topological polar surface area (TPSA) is 12.4 Å². The number of thiol groups is 1. The van der Waals surface area contributed by atoms with Gasteiger partial charge in [-0.1, -0.05) is 13.8 Å². The molecule has 0 aromatic heterocycles. The van der Waals surface area contributed by atoms with Crippen molar-refractivity contribution in [3.05, 3.63) is 11.6 Å². The van der Waals surface area contributed by atoms with Crippen LogP contribution in [0.3, 0.4) is 0 Å². The minimum absolute atomic E-state index is 0.696. The van der Waals surface area contributed by atoms with Gasteiger partial charge in [-0.25, -0.2) is 0 Å². The van der Waals surface area contributed by atoms with Crippen molar-refractivity contribution in [2.24, 2.45) is 10.9 Å². The van der Waals surface area contributed by atoms with Crippen LogP contribution in [-0.4, -0.2) is 6.21 Å². The molecule has 0 N–H and O–H groups in total. The maximum atomic E-state index is 3.95. The lowest BCUT2D eigenvalue weighted by Gasteiger charge is -1.93. The van der Waals surface area contributed by atoms with Crippen molar-refractivity contribution >= 4 is 18.8 Å². The summed E-state index contributed by atoms with van der Waals surface area (Å²) in [5, 5.41) is 1.62. The summed E-state index contributed by atoms with van der Waals surface area (Å²) < 4.78 is 0. The van der Waals surface area contributed by atoms with Crippen molar-refractivity contribution in [1.29, 1.82) is 0 Å².